The van der Waals surface area contributed by atoms with E-state index in [0.29, 0.717) is 6.10 Å². The van der Waals surface area contributed by atoms with Gasteiger partial charge in [0.2, 0.25) is 0 Å². The van der Waals surface area contributed by atoms with Crippen LogP contribution in [0, 0.1) is 0 Å². The molecule has 0 spiro atoms. The summed E-state index contributed by atoms with van der Waals surface area (Å²) in [6.45, 7) is 5.34. The third kappa shape index (κ3) is 3.15. The maximum absolute atomic E-state index is 11.0. The molecule has 1 saturated carbocycles. The molecule has 0 bridgehead atoms. The number of likely N-dealkylation sites (tertiary alicyclic amines) is 1. The zero-order valence-corrected chi connectivity index (χ0v) is 12.3. The van der Waals surface area contributed by atoms with Gasteiger partial charge in [-0.25, -0.2) is 0 Å². The predicted molar refractivity (Wildman–Crippen MR) is 80.0 cm³/mol. The summed E-state index contributed by atoms with van der Waals surface area (Å²) in [6, 6.07) is 8.10. The lowest BCUT2D eigenvalue weighted by Crippen LogP contribution is -2.29. The topological polar surface area (TPSA) is 32.7 Å². The summed E-state index contributed by atoms with van der Waals surface area (Å²) in [6.07, 6.45) is 5.53. The molecular weight excluding hydrogens is 250 g/mol. The van der Waals surface area contributed by atoms with Crippen LogP contribution in [0.4, 0.5) is 0 Å². The third-order valence-electron chi connectivity index (χ3n) is 4.57. The fourth-order valence-corrected chi connectivity index (χ4v) is 3.00. The van der Waals surface area contributed by atoms with Gasteiger partial charge in [0, 0.05) is 6.54 Å². The molecule has 0 aromatic heterocycles. The Morgan fingerprint density at radius 2 is 1.95 bits per heavy atom. The maximum atomic E-state index is 11.0. The highest BCUT2D eigenvalue weighted by atomic mass is 16.5. The van der Waals surface area contributed by atoms with Crippen LogP contribution >= 0.6 is 0 Å². The van der Waals surface area contributed by atoms with Crippen LogP contribution in [0.5, 0.6) is 5.75 Å². The Morgan fingerprint density at radius 1 is 1.20 bits per heavy atom. The number of rotatable bonds is 4. The van der Waals surface area contributed by atoms with Gasteiger partial charge < -0.3 is 14.7 Å². The molecule has 3 heteroatoms. The number of aliphatic hydroxyl groups is 1. The van der Waals surface area contributed by atoms with Crippen molar-refractivity contribution in [2.75, 3.05) is 19.6 Å². The first-order chi connectivity index (χ1) is 9.69. The molecular formula is C17H25NO2. The van der Waals surface area contributed by atoms with Crippen molar-refractivity contribution in [2.45, 2.75) is 50.7 Å². The van der Waals surface area contributed by atoms with Gasteiger partial charge in [0.1, 0.15) is 5.75 Å². The molecule has 1 aromatic rings. The van der Waals surface area contributed by atoms with E-state index in [1.807, 2.05) is 24.3 Å². The molecule has 0 amide bonds. The zero-order chi connectivity index (χ0) is 14.0. The summed E-state index contributed by atoms with van der Waals surface area (Å²) in [5.41, 5.74) is 0.376. The molecule has 0 radical (unpaired) electrons. The maximum Gasteiger partial charge on any atom is 0.119 e. The Bertz CT molecular complexity index is 441. The van der Waals surface area contributed by atoms with Crippen LogP contribution in [0.1, 0.15) is 44.6 Å². The lowest BCUT2D eigenvalue weighted by molar-refractivity contribution is 0.0213. The van der Waals surface area contributed by atoms with Gasteiger partial charge in [-0.05, 0) is 62.9 Å². The van der Waals surface area contributed by atoms with Crippen molar-refractivity contribution >= 4 is 0 Å². The number of ether oxygens (including phenoxy) is 1. The predicted octanol–water partition coefficient (Wildman–Crippen LogP) is 2.92. The summed E-state index contributed by atoms with van der Waals surface area (Å²) < 4.78 is 5.77. The molecule has 1 N–H and O–H groups in total. The summed E-state index contributed by atoms with van der Waals surface area (Å²) in [5, 5.41) is 11.0. The Labute approximate surface area is 121 Å². The second-order valence-corrected chi connectivity index (χ2v) is 6.16. The van der Waals surface area contributed by atoms with Crippen molar-refractivity contribution in [1.29, 1.82) is 0 Å². The van der Waals surface area contributed by atoms with Gasteiger partial charge in [-0.3, -0.25) is 0 Å². The minimum atomic E-state index is -0.665. The molecule has 1 aliphatic carbocycles. The Morgan fingerprint density at radius 3 is 2.60 bits per heavy atom. The van der Waals surface area contributed by atoms with Crippen molar-refractivity contribution in [1.82, 2.24) is 4.90 Å². The summed E-state index contributed by atoms with van der Waals surface area (Å²) in [5.74, 6) is 0.934. The Hall–Kier alpha value is -1.06. The quantitative estimate of drug-likeness (QED) is 0.917. The first-order valence-corrected chi connectivity index (χ1v) is 7.91. The molecule has 20 heavy (non-hydrogen) atoms. The van der Waals surface area contributed by atoms with E-state index >= 15 is 0 Å². The van der Waals surface area contributed by atoms with E-state index < -0.39 is 5.60 Å². The second-order valence-electron chi connectivity index (χ2n) is 6.16. The highest BCUT2D eigenvalue weighted by Crippen LogP contribution is 2.34. The lowest BCUT2D eigenvalue weighted by atomic mass is 9.87. The summed E-state index contributed by atoms with van der Waals surface area (Å²) in [4.78, 5) is 2.42. The van der Waals surface area contributed by atoms with Crippen molar-refractivity contribution in [2.24, 2.45) is 0 Å². The molecule has 2 fully saturated rings. The molecule has 3 nitrogen and oxygen atoms in total. The minimum Gasteiger partial charge on any atom is -0.490 e. The minimum absolute atomic E-state index is 0.430. The highest BCUT2D eigenvalue weighted by Gasteiger charge is 2.31. The third-order valence-corrected chi connectivity index (χ3v) is 4.57. The van der Waals surface area contributed by atoms with Gasteiger partial charge >= 0.3 is 0 Å². The van der Waals surface area contributed by atoms with Crippen molar-refractivity contribution in [3.8, 4) is 5.75 Å². The van der Waals surface area contributed by atoms with Gasteiger partial charge in [0.05, 0.1) is 11.7 Å². The average molecular weight is 275 g/mol. The van der Waals surface area contributed by atoms with Crippen molar-refractivity contribution in [3.63, 3.8) is 0 Å². The van der Waals surface area contributed by atoms with Crippen molar-refractivity contribution in [3.05, 3.63) is 29.8 Å². The van der Waals surface area contributed by atoms with E-state index in [4.69, 9.17) is 4.74 Å². The van der Waals surface area contributed by atoms with E-state index in [1.165, 1.54) is 12.8 Å². The number of nitrogens with zero attached hydrogens (tertiary/aromatic N) is 1. The largest absolute Gasteiger partial charge is 0.490 e. The molecule has 110 valence electrons. The average Bonchev–Trinajstić information content (AvgIpc) is 3.28. The van der Waals surface area contributed by atoms with Crippen LogP contribution < -0.4 is 4.74 Å². The first-order valence-electron chi connectivity index (χ1n) is 7.91. The smallest absolute Gasteiger partial charge is 0.119 e. The van der Waals surface area contributed by atoms with Gasteiger partial charge in [-0.1, -0.05) is 19.1 Å². The van der Waals surface area contributed by atoms with E-state index in [9.17, 15) is 5.11 Å². The van der Waals surface area contributed by atoms with Crippen LogP contribution in [-0.4, -0.2) is 35.7 Å². The molecule has 1 unspecified atom stereocenters. The number of hydrogen-bond donors (Lipinski definition) is 1. The van der Waals surface area contributed by atoms with Crippen LogP contribution in [0.15, 0.2) is 24.3 Å². The van der Waals surface area contributed by atoms with Gasteiger partial charge in [-0.2, -0.15) is 0 Å². The van der Waals surface area contributed by atoms with Gasteiger partial charge in [-0.15, -0.1) is 0 Å². The first kappa shape index (κ1) is 13.9. The Balaban J connectivity index is 1.69. The fraction of sp³-hybridized carbons (Fsp3) is 0.647. The van der Waals surface area contributed by atoms with E-state index in [1.54, 1.807) is 0 Å². The van der Waals surface area contributed by atoms with Gasteiger partial charge in [0.25, 0.3) is 0 Å². The molecule has 1 heterocycles. The van der Waals surface area contributed by atoms with E-state index in [-0.39, 0.29) is 0 Å². The van der Waals surface area contributed by atoms with Crippen LogP contribution in [0.25, 0.3) is 0 Å². The fourth-order valence-electron chi connectivity index (χ4n) is 3.00. The van der Waals surface area contributed by atoms with Crippen LogP contribution in [-0.2, 0) is 5.60 Å². The summed E-state index contributed by atoms with van der Waals surface area (Å²) >= 11 is 0. The Kier molecular flexibility index (Phi) is 3.99. The van der Waals surface area contributed by atoms with Crippen LogP contribution in [0.2, 0.25) is 0 Å². The molecule has 2 aliphatic rings. The normalized spacial score (nSPS) is 28.1. The van der Waals surface area contributed by atoms with Crippen molar-refractivity contribution < 1.29 is 9.84 Å². The standard InChI is InChI=1S/C17H25NO2/c1-2-18-12-3-10-17(19,11-13-18)14-4-6-15(7-5-14)20-16-8-9-16/h4-7,16,19H,2-3,8-13H2,1H3. The monoisotopic (exact) mass is 275 g/mol. The number of benzene rings is 1. The highest BCUT2D eigenvalue weighted by molar-refractivity contribution is 5.31. The van der Waals surface area contributed by atoms with Crippen LogP contribution in [0.3, 0.4) is 0 Å². The molecule has 1 atom stereocenters. The second kappa shape index (κ2) is 5.74. The molecule has 1 aromatic carbocycles. The lowest BCUT2D eigenvalue weighted by Gasteiger charge is -2.27. The zero-order valence-electron chi connectivity index (χ0n) is 12.3. The van der Waals surface area contributed by atoms with E-state index in [0.717, 1.165) is 50.2 Å². The summed E-state index contributed by atoms with van der Waals surface area (Å²) in [7, 11) is 0. The molecule has 1 aliphatic heterocycles. The SMILES string of the molecule is CCN1CCCC(O)(c2ccc(OC3CC3)cc2)CC1. The number of hydrogen-bond acceptors (Lipinski definition) is 3. The molecule has 3 rings (SSSR count). The van der Waals surface area contributed by atoms with E-state index in [2.05, 4.69) is 11.8 Å². The van der Waals surface area contributed by atoms with Gasteiger partial charge in [0.15, 0.2) is 0 Å². The molecule has 1 saturated heterocycles.